The molecular formula is C22H25NO5S. The van der Waals surface area contributed by atoms with Crippen LogP contribution in [-0.2, 0) is 16.4 Å². The van der Waals surface area contributed by atoms with Crippen molar-refractivity contribution in [1.82, 2.24) is 4.72 Å². The third-order valence-electron chi connectivity index (χ3n) is 4.51. The molecule has 1 aliphatic heterocycles. The number of nitrogens with one attached hydrogen (secondary N) is 1. The fraction of sp³-hybridized carbons (Fsp3) is 0.364. The number of sulfonamides is 1. The molecule has 1 aliphatic rings. The molecule has 3 rings (SSSR count). The Hall–Kier alpha value is -2.69. The molecule has 6 nitrogen and oxygen atoms in total. The van der Waals surface area contributed by atoms with Crippen LogP contribution in [0.5, 0.6) is 17.2 Å². The molecule has 2 aromatic carbocycles. The number of aryl methyl sites for hydroxylation is 1. The van der Waals surface area contributed by atoms with E-state index in [4.69, 9.17) is 14.2 Å². The lowest BCUT2D eigenvalue weighted by atomic mass is 10.0. The van der Waals surface area contributed by atoms with E-state index in [1.807, 2.05) is 32.0 Å². The van der Waals surface area contributed by atoms with Crippen LogP contribution in [0, 0.1) is 18.8 Å². The smallest absolute Gasteiger partial charge is 0.241 e. The second-order valence-electron chi connectivity index (χ2n) is 7.38. The Kier molecular flexibility index (Phi) is 6.06. The average Bonchev–Trinajstić information content (AvgIpc) is 2.99. The minimum Gasteiger partial charge on any atom is -0.496 e. The molecule has 0 bridgehead atoms. The van der Waals surface area contributed by atoms with Gasteiger partial charge in [0.2, 0.25) is 10.0 Å². The summed E-state index contributed by atoms with van der Waals surface area (Å²) < 4.78 is 44.0. The lowest BCUT2D eigenvalue weighted by Gasteiger charge is -2.17. The molecule has 0 atom stereocenters. The van der Waals surface area contributed by atoms with E-state index in [9.17, 15) is 8.42 Å². The van der Waals surface area contributed by atoms with Gasteiger partial charge in [-0.1, -0.05) is 24.0 Å². The predicted molar refractivity (Wildman–Crippen MR) is 111 cm³/mol. The highest BCUT2D eigenvalue weighted by Crippen LogP contribution is 2.41. The van der Waals surface area contributed by atoms with Gasteiger partial charge in [0.1, 0.15) is 18.0 Å². The van der Waals surface area contributed by atoms with E-state index in [-0.39, 0.29) is 23.6 Å². The van der Waals surface area contributed by atoms with Crippen LogP contribution in [0.2, 0.25) is 0 Å². The fourth-order valence-corrected chi connectivity index (χ4v) is 4.17. The van der Waals surface area contributed by atoms with Gasteiger partial charge in [0.05, 0.1) is 18.6 Å². The second-order valence-corrected chi connectivity index (χ2v) is 9.15. The van der Waals surface area contributed by atoms with Gasteiger partial charge in [-0.15, -0.1) is 0 Å². The van der Waals surface area contributed by atoms with Crippen LogP contribution < -0.4 is 18.9 Å². The molecule has 1 N–H and O–H groups in total. The Morgan fingerprint density at radius 2 is 1.97 bits per heavy atom. The van der Waals surface area contributed by atoms with Gasteiger partial charge in [-0.3, -0.25) is 0 Å². The van der Waals surface area contributed by atoms with Gasteiger partial charge in [-0.05, 0) is 50.6 Å². The number of methoxy groups -OCH3 is 1. The molecule has 0 saturated heterocycles. The van der Waals surface area contributed by atoms with Crippen molar-refractivity contribution in [2.45, 2.75) is 37.7 Å². The zero-order chi connectivity index (χ0) is 21.1. The van der Waals surface area contributed by atoms with E-state index < -0.39 is 10.0 Å². The first kappa shape index (κ1) is 21.0. The van der Waals surface area contributed by atoms with Crippen molar-refractivity contribution in [3.05, 3.63) is 47.5 Å². The summed E-state index contributed by atoms with van der Waals surface area (Å²) in [5.74, 6) is 7.64. The molecule has 0 aliphatic carbocycles. The van der Waals surface area contributed by atoms with Crippen LogP contribution in [-0.4, -0.2) is 34.3 Å². The summed E-state index contributed by atoms with van der Waals surface area (Å²) in [4.78, 5) is 0.175. The minimum atomic E-state index is -3.64. The largest absolute Gasteiger partial charge is 0.496 e. The third-order valence-corrected chi connectivity index (χ3v) is 5.91. The minimum absolute atomic E-state index is 0.00675. The summed E-state index contributed by atoms with van der Waals surface area (Å²) >= 11 is 0. The van der Waals surface area contributed by atoms with E-state index in [0.717, 1.165) is 23.3 Å². The lowest BCUT2D eigenvalue weighted by molar-refractivity contribution is 0.133. The molecule has 29 heavy (non-hydrogen) atoms. The van der Waals surface area contributed by atoms with Crippen molar-refractivity contribution in [1.29, 1.82) is 0 Å². The highest BCUT2D eigenvalue weighted by Gasteiger charge is 2.32. The summed E-state index contributed by atoms with van der Waals surface area (Å²) in [6.07, 6.45) is 0.831. The van der Waals surface area contributed by atoms with Crippen molar-refractivity contribution in [2.75, 3.05) is 20.3 Å². The maximum absolute atomic E-state index is 12.4. The summed E-state index contributed by atoms with van der Waals surface area (Å²) in [7, 11) is -2.09. The van der Waals surface area contributed by atoms with Gasteiger partial charge in [-0.2, -0.15) is 4.72 Å². The second kappa shape index (κ2) is 8.36. The van der Waals surface area contributed by atoms with E-state index >= 15 is 0 Å². The predicted octanol–water partition coefficient (Wildman–Crippen LogP) is 3.08. The van der Waals surface area contributed by atoms with E-state index in [0.29, 0.717) is 11.5 Å². The molecule has 1 heterocycles. The summed E-state index contributed by atoms with van der Waals surface area (Å²) in [5, 5.41) is 0. The Labute approximate surface area is 172 Å². The molecule has 154 valence electrons. The van der Waals surface area contributed by atoms with Gasteiger partial charge < -0.3 is 14.2 Å². The molecule has 0 spiro atoms. The molecule has 7 heteroatoms. The highest BCUT2D eigenvalue weighted by atomic mass is 32.2. The normalized spacial score (nSPS) is 14.3. The maximum Gasteiger partial charge on any atom is 0.241 e. The molecule has 0 aromatic heterocycles. The summed E-state index contributed by atoms with van der Waals surface area (Å²) in [6.45, 7) is 6.00. The maximum atomic E-state index is 12.4. The standard InChI is InChI=1S/C22H25NO5S/c1-16-14-18(10-11-19(16)26-4)29(24,25)23-12-5-6-13-27-20-9-7-8-17-15-22(2,3)28-21(17)20/h7-11,14,23H,12-13,15H2,1-4H3. The Bertz CT molecular complexity index is 1060. The van der Waals surface area contributed by atoms with Gasteiger partial charge in [-0.25, -0.2) is 8.42 Å². The van der Waals surface area contributed by atoms with Gasteiger partial charge in [0, 0.05) is 12.0 Å². The van der Waals surface area contributed by atoms with Crippen molar-refractivity contribution in [3.8, 4) is 29.1 Å². The first-order valence-electron chi connectivity index (χ1n) is 9.25. The fourth-order valence-electron chi connectivity index (χ4n) is 3.16. The molecule has 0 saturated carbocycles. The number of fused-ring (bicyclic) bond motifs is 1. The van der Waals surface area contributed by atoms with Gasteiger partial charge in [0.15, 0.2) is 11.5 Å². The van der Waals surface area contributed by atoms with Gasteiger partial charge >= 0.3 is 0 Å². The average molecular weight is 416 g/mol. The highest BCUT2D eigenvalue weighted by molar-refractivity contribution is 7.89. The number of benzene rings is 2. The van der Waals surface area contributed by atoms with E-state index in [2.05, 4.69) is 16.6 Å². The Balaban J connectivity index is 1.54. The van der Waals surface area contributed by atoms with Crippen LogP contribution in [0.1, 0.15) is 25.0 Å². The van der Waals surface area contributed by atoms with Crippen molar-refractivity contribution in [2.24, 2.45) is 0 Å². The van der Waals surface area contributed by atoms with Crippen molar-refractivity contribution in [3.63, 3.8) is 0 Å². The lowest BCUT2D eigenvalue weighted by Crippen LogP contribution is -2.24. The monoisotopic (exact) mass is 415 g/mol. The first-order valence-corrected chi connectivity index (χ1v) is 10.7. The number of hydrogen-bond acceptors (Lipinski definition) is 5. The van der Waals surface area contributed by atoms with Crippen LogP contribution in [0.15, 0.2) is 41.3 Å². The summed E-state index contributed by atoms with van der Waals surface area (Å²) in [5.41, 5.74) is 1.62. The van der Waals surface area contributed by atoms with Crippen LogP contribution in [0.4, 0.5) is 0 Å². The summed E-state index contributed by atoms with van der Waals surface area (Å²) in [6, 6.07) is 10.5. The molecular weight excluding hydrogens is 390 g/mol. The molecule has 0 fully saturated rings. The van der Waals surface area contributed by atoms with E-state index in [1.165, 1.54) is 6.07 Å². The Morgan fingerprint density at radius 1 is 1.17 bits per heavy atom. The SMILES string of the molecule is COc1ccc(S(=O)(=O)NCC#CCOc2cccc3c2OC(C)(C)C3)cc1C. The van der Waals surface area contributed by atoms with Gasteiger partial charge in [0.25, 0.3) is 0 Å². The van der Waals surface area contributed by atoms with Crippen molar-refractivity contribution < 1.29 is 22.6 Å². The zero-order valence-electron chi connectivity index (χ0n) is 17.0. The third kappa shape index (κ3) is 5.03. The van der Waals surface area contributed by atoms with Crippen LogP contribution >= 0.6 is 0 Å². The molecule has 2 aromatic rings. The van der Waals surface area contributed by atoms with Crippen LogP contribution in [0.3, 0.4) is 0 Å². The quantitative estimate of drug-likeness (QED) is 0.734. The number of hydrogen-bond donors (Lipinski definition) is 1. The van der Waals surface area contributed by atoms with Crippen molar-refractivity contribution >= 4 is 10.0 Å². The number of rotatable bonds is 6. The van der Waals surface area contributed by atoms with Crippen LogP contribution in [0.25, 0.3) is 0 Å². The van der Waals surface area contributed by atoms with E-state index in [1.54, 1.807) is 26.2 Å². The first-order chi connectivity index (χ1) is 13.7. The number of para-hydroxylation sites is 1. The molecule has 0 amide bonds. The Morgan fingerprint density at radius 3 is 2.69 bits per heavy atom. The molecule has 0 unspecified atom stereocenters. The zero-order valence-corrected chi connectivity index (χ0v) is 17.9. The molecule has 0 radical (unpaired) electrons. The number of ether oxygens (including phenoxy) is 3. The topological polar surface area (TPSA) is 73.9 Å².